The first-order valence-electron chi connectivity index (χ1n) is 7.02. The van der Waals surface area contributed by atoms with Crippen LogP contribution in [-0.2, 0) is 4.79 Å². The number of benzene rings is 1. The quantitative estimate of drug-likeness (QED) is 0.614. The minimum Gasteiger partial charge on any atom is -0.398 e. The van der Waals surface area contributed by atoms with Crippen LogP contribution in [0.25, 0.3) is 0 Å². The van der Waals surface area contributed by atoms with E-state index in [0.717, 1.165) is 12.8 Å². The number of hydrogen-bond donors (Lipinski definition) is 1. The lowest BCUT2D eigenvalue weighted by Crippen LogP contribution is -2.51. The van der Waals surface area contributed by atoms with Crippen molar-refractivity contribution >= 4 is 23.4 Å². The molecule has 0 spiro atoms. The summed E-state index contributed by atoms with van der Waals surface area (Å²) in [6.07, 6.45) is 1.50. The summed E-state index contributed by atoms with van der Waals surface area (Å²) >= 11 is 0. The van der Waals surface area contributed by atoms with Gasteiger partial charge in [0.25, 0.3) is 11.8 Å². The molecule has 1 atom stereocenters. The summed E-state index contributed by atoms with van der Waals surface area (Å²) in [6, 6.07) is 4.65. The summed E-state index contributed by atoms with van der Waals surface area (Å²) in [5.74, 6) is -0.683. The molecule has 6 heteroatoms. The molecule has 2 aliphatic rings. The van der Waals surface area contributed by atoms with Crippen molar-refractivity contribution in [2.24, 2.45) is 0 Å². The van der Waals surface area contributed by atoms with Gasteiger partial charge >= 0.3 is 0 Å². The Balaban J connectivity index is 1.91. The zero-order chi connectivity index (χ0) is 15.1. The largest absolute Gasteiger partial charge is 0.398 e. The number of imide groups is 1. The molecule has 3 rings (SSSR count). The highest BCUT2D eigenvalue weighted by atomic mass is 16.2. The van der Waals surface area contributed by atoms with Gasteiger partial charge in [0.05, 0.1) is 17.2 Å². The van der Waals surface area contributed by atoms with Gasteiger partial charge in [-0.15, -0.1) is 0 Å². The van der Waals surface area contributed by atoms with Gasteiger partial charge in [0.15, 0.2) is 0 Å². The minimum atomic E-state index is -0.344. The average Bonchev–Trinajstić information content (AvgIpc) is 2.72. The second-order valence-electron chi connectivity index (χ2n) is 5.51. The third kappa shape index (κ3) is 2.07. The van der Waals surface area contributed by atoms with Gasteiger partial charge in [0.1, 0.15) is 0 Å². The van der Waals surface area contributed by atoms with E-state index >= 15 is 0 Å². The standard InChI is InChI=1S/C15H17N3O3/c1-9(19)17-7-3-4-10(8-17)18-14(20)11-5-2-6-12(16)13(11)15(18)21/h2,5-6,10H,3-4,7-8,16H2,1H3/t10-/m1/s1. The fraction of sp³-hybridized carbons (Fsp3) is 0.400. The minimum absolute atomic E-state index is 0.0316. The average molecular weight is 287 g/mol. The molecule has 2 heterocycles. The molecule has 1 aromatic carbocycles. The Morgan fingerprint density at radius 2 is 2.05 bits per heavy atom. The number of nitrogen functional groups attached to an aromatic ring is 1. The van der Waals surface area contributed by atoms with Crippen molar-refractivity contribution in [3.8, 4) is 0 Å². The lowest BCUT2D eigenvalue weighted by Gasteiger charge is -2.36. The molecule has 0 radical (unpaired) electrons. The number of amides is 3. The third-order valence-corrected chi connectivity index (χ3v) is 4.19. The zero-order valence-corrected chi connectivity index (χ0v) is 11.8. The first kappa shape index (κ1) is 13.6. The summed E-state index contributed by atoms with van der Waals surface area (Å²) in [5.41, 5.74) is 6.81. The molecule has 0 aliphatic carbocycles. The summed E-state index contributed by atoms with van der Waals surface area (Å²) < 4.78 is 0. The SMILES string of the molecule is CC(=O)N1CCC[C@@H](N2C(=O)c3cccc(N)c3C2=O)C1. The van der Waals surface area contributed by atoms with Crippen molar-refractivity contribution in [3.05, 3.63) is 29.3 Å². The number of anilines is 1. The van der Waals surface area contributed by atoms with Gasteiger partial charge in [-0.1, -0.05) is 6.07 Å². The van der Waals surface area contributed by atoms with Gasteiger partial charge < -0.3 is 10.6 Å². The van der Waals surface area contributed by atoms with Crippen LogP contribution in [0, 0.1) is 0 Å². The van der Waals surface area contributed by atoms with Crippen LogP contribution >= 0.6 is 0 Å². The van der Waals surface area contributed by atoms with Gasteiger partial charge in [-0.3, -0.25) is 19.3 Å². The molecule has 6 nitrogen and oxygen atoms in total. The molecular weight excluding hydrogens is 270 g/mol. The maximum Gasteiger partial charge on any atom is 0.263 e. The number of carbonyl (C=O) groups is 3. The maximum atomic E-state index is 12.5. The van der Waals surface area contributed by atoms with Gasteiger partial charge in [-0.05, 0) is 25.0 Å². The van der Waals surface area contributed by atoms with E-state index in [1.54, 1.807) is 23.1 Å². The Hall–Kier alpha value is -2.37. The van der Waals surface area contributed by atoms with Crippen LogP contribution in [0.5, 0.6) is 0 Å². The highest BCUT2D eigenvalue weighted by Gasteiger charge is 2.42. The topological polar surface area (TPSA) is 83.7 Å². The van der Waals surface area contributed by atoms with Gasteiger partial charge in [-0.2, -0.15) is 0 Å². The Morgan fingerprint density at radius 3 is 2.71 bits per heavy atom. The molecular formula is C15H17N3O3. The second-order valence-corrected chi connectivity index (χ2v) is 5.51. The van der Waals surface area contributed by atoms with Crippen LogP contribution in [0.4, 0.5) is 5.69 Å². The molecule has 21 heavy (non-hydrogen) atoms. The van der Waals surface area contributed by atoms with Crippen molar-refractivity contribution in [1.29, 1.82) is 0 Å². The van der Waals surface area contributed by atoms with Crippen molar-refractivity contribution in [3.63, 3.8) is 0 Å². The number of likely N-dealkylation sites (tertiary alicyclic amines) is 1. The lowest BCUT2D eigenvalue weighted by atomic mass is 10.0. The van der Waals surface area contributed by atoms with E-state index in [-0.39, 0.29) is 23.8 Å². The van der Waals surface area contributed by atoms with Crippen molar-refractivity contribution in [2.75, 3.05) is 18.8 Å². The molecule has 1 aromatic rings. The zero-order valence-electron chi connectivity index (χ0n) is 11.8. The van der Waals surface area contributed by atoms with Crippen LogP contribution in [0.3, 0.4) is 0 Å². The van der Waals surface area contributed by atoms with E-state index in [4.69, 9.17) is 5.73 Å². The molecule has 1 fully saturated rings. The predicted molar refractivity (Wildman–Crippen MR) is 76.6 cm³/mol. The predicted octanol–water partition coefficient (Wildman–Crippen LogP) is 0.876. The first-order chi connectivity index (χ1) is 10.0. The molecule has 0 unspecified atom stereocenters. The van der Waals surface area contributed by atoms with Crippen LogP contribution < -0.4 is 5.73 Å². The Morgan fingerprint density at radius 1 is 1.29 bits per heavy atom. The number of nitrogens with zero attached hydrogens (tertiary/aromatic N) is 2. The Labute approximate surface area is 122 Å². The van der Waals surface area contributed by atoms with E-state index < -0.39 is 0 Å². The smallest absolute Gasteiger partial charge is 0.263 e. The van der Waals surface area contributed by atoms with E-state index in [2.05, 4.69) is 0 Å². The van der Waals surface area contributed by atoms with Crippen molar-refractivity contribution < 1.29 is 14.4 Å². The van der Waals surface area contributed by atoms with E-state index in [0.29, 0.717) is 29.9 Å². The fourth-order valence-corrected chi connectivity index (χ4v) is 3.11. The number of nitrogens with two attached hydrogens (primary N) is 1. The van der Waals surface area contributed by atoms with Crippen LogP contribution in [0.15, 0.2) is 18.2 Å². The molecule has 110 valence electrons. The summed E-state index contributed by atoms with van der Waals surface area (Å²) in [7, 11) is 0. The fourth-order valence-electron chi connectivity index (χ4n) is 3.11. The molecule has 0 bridgehead atoms. The highest BCUT2D eigenvalue weighted by Crippen LogP contribution is 2.31. The normalized spacial score (nSPS) is 21.7. The molecule has 1 saturated heterocycles. The lowest BCUT2D eigenvalue weighted by molar-refractivity contribution is -0.130. The number of piperidine rings is 1. The number of carbonyl (C=O) groups excluding carboxylic acids is 3. The third-order valence-electron chi connectivity index (χ3n) is 4.19. The molecule has 0 aromatic heterocycles. The van der Waals surface area contributed by atoms with E-state index in [1.165, 1.54) is 11.8 Å². The number of fused-ring (bicyclic) bond motifs is 1. The van der Waals surface area contributed by atoms with Gasteiger partial charge in [-0.25, -0.2) is 0 Å². The van der Waals surface area contributed by atoms with Crippen molar-refractivity contribution in [1.82, 2.24) is 9.80 Å². The Bertz CT molecular complexity index is 641. The molecule has 3 amide bonds. The monoisotopic (exact) mass is 287 g/mol. The van der Waals surface area contributed by atoms with E-state index in [9.17, 15) is 14.4 Å². The van der Waals surface area contributed by atoms with Gasteiger partial charge in [0, 0.05) is 25.7 Å². The summed E-state index contributed by atoms with van der Waals surface area (Å²) in [4.78, 5) is 39.5. The first-order valence-corrected chi connectivity index (χ1v) is 7.02. The van der Waals surface area contributed by atoms with Crippen LogP contribution in [0.2, 0.25) is 0 Å². The Kier molecular flexibility index (Phi) is 3.16. The summed E-state index contributed by atoms with van der Waals surface area (Å²) in [6.45, 7) is 2.58. The molecule has 2 aliphatic heterocycles. The second kappa shape index (κ2) is 4.87. The molecule has 2 N–H and O–H groups in total. The number of rotatable bonds is 1. The van der Waals surface area contributed by atoms with Gasteiger partial charge in [0.2, 0.25) is 5.91 Å². The van der Waals surface area contributed by atoms with Crippen LogP contribution in [-0.4, -0.2) is 46.7 Å². The number of hydrogen-bond acceptors (Lipinski definition) is 4. The van der Waals surface area contributed by atoms with Crippen molar-refractivity contribution in [2.45, 2.75) is 25.8 Å². The van der Waals surface area contributed by atoms with E-state index in [1.807, 2.05) is 0 Å². The highest BCUT2D eigenvalue weighted by molar-refractivity contribution is 6.23. The maximum absolute atomic E-state index is 12.5. The van der Waals surface area contributed by atoms with Crippen LogP contribution in [0.1, 0.15) is 40.5 Å². The molecule has 0 saturated carbocycles. The summed E-state index contributed by atoms with van der Waals surface area (Å²) in [5, 5.41) is 0.